The average molecular weight is 413 g/mol. The number of hydrogen-bond donors (Lipinski definition) is 2. The molecule has 30 heavy (non-hydrogen) atoms. The van der Waals surface area contributed by atoms with E-state index in [1.165, 1.54) is 30.4 Å². The van der Waals surface area contributed by atoms with Crippen LogP contribution in [0.5, 0.6) is 0 Å². The molecule has 0 amide bonds. The molecule has 2 nitrogen and oxygen atoms in total. The first-order valence-corrected chi connectivity index (χ1v) is 12.6. The fourth-order valence-electron chi connectivity index (χ4n) is 7.53. The van der Waals surface area contributed by atoms with E-state index in [1.54, 1.807) is 5.57 Å². The molecule has 8 unspecified atom stereocenters. The SMILES string of the molecule is CC(C)C(C)C=CC(C)C1CCC2C3=C(CCC21C)C1(C)CCC(O)C=C1CC3O. The molecule has 0 aromatic carbocycles. The van der Waals surface area contributed by atoms with Gasteiger partial charge in [0.1, 0.15) is 0 Å². The summed E-state index contributed by atoms with van der Waals surface area (Å²) < 4.78 is 0. The minimum absolute atomic E-state index is 0.0748. The molecule has 4 rings (SSSR count). The quantitative estimate of drug-likeness (QED) is 0.521. The van der Waals surface area contributed by atoms with Crippen molar-refractivity contribution in [3.8, 4) is 0 Å². The zero-order chi connectivity index (χ0) is 21.8. The molecule has 168 valence electrons. The standard InChI is InChI=1S/C28H44O2/c1-17(2)18(3)7-8-19(4)22-9-10-23-26-24(12-14-28(22,23)6)27(5)13-11-21(29)15-20(27)16-25(26)30/h7-8,15,17-19,21-23,25,29-30H,9-14,16H2,1-6H3. The van der Waals surface area contributed by atoms with E-state index in [2.05, 4.69) is 59.8 Å². The number of hydrogen-bond acceptors (Lipinski definition) is 2. The number of aliphatic hydroxyl groups excluding tert-OH is 2. The van der Waals surface area contributed by atoms with Gasteiger partial charge < -0.3 is 10.2 Å². The second-order valence-corrected chi connectivity index (χ2v) is 11.9. The molecule has 0 aromatic rings. The molecule has 8 atom stereocenters. The van der Waals surface area contributed by atoms with Crippen molar-refractivity contribution >= 4 is 0 Å². The molecule has 4 aliphatic carbocycles. The lowest BCUT2D eigenvalue weighted by Gasteiger charge is -2.53. The minimum atomic E-state index is -0.347. The zero-order valence-electron chi connectivity index (χ0n) is 20.1. The molecule has 4 aliphatic rings. The van der Waals surface area contributed by atoms with Gasteiger partial charge >= 0.3 is 0 Å². The zero-order valence-corrected chi connectivity index (χ0v) is 20.1. The van der Waals surface area contributed by atoms with Crippen LogP contribution in [0.25, 0.3) is 0 Å². The maximum atomic E-state index is 11.3. The third-order valence-corrected chi connectivity index (χ3v) is 9.93. The van der Waals surface area contributed by atoms with E-state index in [4.69, 9.17) is 0 Å². The van der Waals surface area contributed by atoms with Crippen LogP contribution >= 0.6 is 0 Å². The Morgan fingerprint density at radius 2 is 1.73 bits per heavy atom. The molecule has 0 aliphatic heterocycles. The summed E-state index contributed by atoms with van der Waals surface area (Å²) >= 11 is 0. The fourth-order valence-corrected chi connectivity index (χ4v) is 7.53. The first-order valence-electron chi connectivity index (χ1n) is 12.6. The first-order chi connectivity index (χ1) is 14.1. The summed E-state index contributed by atoms with van der Waals surface area (Å²) in [5.41, 5.74) is 4.62. The van der Waals surface area contributed by atoms with Gasteiger partial charge in [-0.1, -0.05) is 70.9 Å². The van der Waals surface area contributed by atoms with Crippen molar-refractivity contribution in [2.24, 2.45) is 40.4 Å². The second kappa shape index (κ2) is 7.93. The smallest absolute Gasteiger partial charge is 0.0793 e. The molecule has 2 heteroatoms. The normalized spacial score (nSPS) is 43.3. The van der Waals surface area contributed by atoms with Crippen LogP contribution in [0.1, 0.15) is 86.5 Å². The topological polar surface area (TPSA) is 40.5 Å². The molecule has 2 N–H and O–H groups in total. The van der Waals surface area contributed by atoms with Gasteiger partial charge in [0.2, 0.25) is 0 Å². The molecule has 0 saturated heterocycles. The van der Waals surface area contributed by atoms with Crippen molar-refractivity contribution in [1.82, 2.24) is 0 Å². The van der Waals surface area contributed by atoms with E-state index in [0.717, 1.165) is 25.7 Å². The lowest BCUT2D eigenvalue weighted by atomic mass is 9.52. The molecule has 0 aromatic heterocycles. The summed E-state index contributed by atoms with van der Waals surface area (Å²) in [7, 11) is 0. The van der Waals surface area contributed by atoms with Crippen molar-refractivity contribution in [2.45, 2.75) is 98.7 Å². The Morgan fingerprint density at radius 1 is 1.00 bits per heavy atom. The molecule has 0 heterocycles. The van der Waals surface area contributed by atoms with Crippen LogP contribution in [0.2, 0.25) is 0 Å². The van der Waals surface area contributed by atoms with Crippen molar-refractivity contribution in [3.63, 3.8) is 0 Å². The average Bonchev–Trinajstić information content (AvgIpc) is 3.04. The van der Waals surface area contributed by atoms with Gasteiger partial charge in [-0.05, 0) is 85.5 Å². The van der Waals surface area contributed by atoms with Crippen LogP contribution in [0.4, 0.5) is 0 Å². The monoisotopic (exact) mass is 412 g/mol. The van der Waals surface area contributed by atoms with Crippen LogP contribution in [-0.4, -0.2) is 22.4 Å². The van der Waals surface area contributed by atoms with Crippen LogP contribution in [0.15, 0.2) is 34.9 Å². The molecule has 0 radical (unpaired) electrons. The third kappa shape index (κ3) is 3.47. The summed E-state index contributed by atoms with van der Waals surface area (Å²) in [5.74, 6) is 3.16. The number of fused-ring (bicyclic) bond motifs is 4. The lowest BCUT2D eigenvalue weighted by Crippen LogP contribution is -2.45. The van der Waals surface area contributed by atoms with Crippen LogP contribution in [-0.2, 0) is 0 Å². The van der Waals surface area contributed by atoms with Gasteiger partial charge in [0.15, 0.2) is 0 Å². The van der Waals surface area contributed by atoms with E-state index in [0.29, 0.717) is 35.0 Å². The molecular formula is C28H44O2. The maximum absolute atomic E-state index is 11.3. The summed E-state index contributed by atoms with van der Waals surface area (Å²) in [6.45, 7) is 14.3. The van der Waals surface area contributed by atoms with E-state index < -0.39 is 0 Å². The van der Waals surface area contributed by atoms with Crippen LogP contribution < -0.4 is 0 Å². The number of rotatable bonds is 4. The highest BCUT2D eigenvalue weighted by molar-refractivity contribution is 5.45. The van der Waals surface area contributed by atoms with Gasteiger partial charge in [0, 0.05) is 5.41 Å². The molecule has 1 fully saturated rings. The van der Waals surface area contributed by atoms with E-state index >= 15 is 0 Å². The predicted molar refractivity (Wildman–Crippen MR) is 125 cm³/mol. The van der Waals surface area contributed by atoms with Crippen molar-refractivity contribution in [3.05, 3.63) is 34.9 Å². The van der Waals surface area contributed by atoms with Gasteiger partial charge in [0.05, 0.1) is 12.2 Å². The van der Waals surface area contributed by atoms with Crippen LogP contribution in [0, 0.1) is 40.4 Å². The predicted octanol–water partition coefficient (Wildman–Crippen LogP) is 6.45. The van der Waals surface area contributed by atoms with E-state index in [-0.39, 0.29) is 17.6 Å². The summed E-state index contributed by atoms with van der Waals surface area (Å²) in [6, 6.07) is 0. The van der Waals surface area contributed by atoms with Crippen molar-refractivity contribution in [1.29, 1.82) is 0 Å². The minimum Gasteiger partial charge on any atom is -0.389 e. The second-order valence-electron chi connectivity index (χ2n) is 11.9. The Kier molecular flexibility index (Phi) is 5.90. The van der Waals surface area contributed by atoms with Gasteiger partial charge in [-0.25, -0.2) is 0 Å². The fraction of sp³-hybridized carbons (Fsp3) is 0.786. The molecule has 1 saturated carbocycles. The van der Waals surface area contributed by atoms with Gasteiger partial charge in [0.25, 0.3) is 0 Å². The Bertz CT molecular complexity index is 759. The van der Waals surface area contributed by atoms with Crippen LogP contribution in [0.3, 0.4) is 0 Å². The molecule has 0 spiro atoms. The first kappa shape index (κ1) is 22.3. The summed E-state index contributed by atoms with van der Waals surface area (Å²) in [4.78, 5) is 0. The number of aliphatic hydroxyl groups is 2. The van der Waals surface area contributed by atoms with Crippen molar-refractivity contribution < 1.29 is 10.2 Å². The molecular weight excluding hydrogens is 368 g/mol. The highest BCUT2D eigenvalue weighted by atomic mass is 16.3. The summed E-state index contributed by atoms with van der Waals surface area (Å²) in [5, 5.41) is 21.4. The van der Waals surface area contributed by atoms with Gasteiger partial charge in [-0.15, -0.1) is 0 Å². The van der Waals surface area contributed by atoms with Gasteiger partial charge in [-0.3, -0.25) is 0 Å². The Balaban J connectivity index is 1.63. The van der Waals surface area contributed by atoms with Gasteiger partial charge in [-0.2, -0.15) is 0 Å². The van der Waals surface area contributed by atoms with Crippen molar-refractivity contribution in [2.75, 3.05) is 0 Å². The van der Waals surface area contributed by atoms with E-state index in [9.17, 15) is 10.2 Å². The third-order valence-electron chi connectivity index (χ3n) is 9.93. The maximum Gasteiger partial charge on any atom is 0.0793 e. The Morgan fingerprint density at radius 3 is 2.43 bits per heavy atom. The highest BCUT2D eigenvalue weighted by Gasteiger charge is 2.56. The largest absolute Gasteiger partial charge is 0.389 e. The highest BCUT2D eigenvalue weighted by Crippen LogP contribution is 2.65. The Hall–Kier alpha value is -0.860. The van der Waals surface area contributed by atoms with E-state index in [1.807, 2.05) is 0 Å². The molecule has 0 bridgehead atoms. The number of allylic oxidation sites excluding steroid dienone is 3. The summed E-state index contributed by atoms with van der Waals surface area (Å²) in [6.07, 6.45) is 13.8. The lowest BCUT2D eigenvalue weighted by molar-refractivity contribution is 0.0750. The Labute approximate surface area is 184 Å².